The highest BCUT2D eigenvalue weighted by Crippen LogP contribution is 2.32. The molecular weight excluding hydrogens is 396 g/mol. The summed E-state index contributed by atoms with van der Waals surface area (Å²) in [5, 5.41) is 4.08. The van der Waals surface area contributed by atoms with Crippen LogP contribution in [0.4, 0.5) is 5.13 Å². The second kappa shape index (κ2) is 6.83. The highest BCUT2D eigenvalue weighted by Gasteiger charge is 2.14. The summed E-state index contributed by atoms with van der Waals surface area (Å²) in [5.74, 6) is -0.191. The van der Waals surface area contributed by atoms with Crippen LogP contribution >= 0.6 is 38.9 Å². The van der Waals surface area contributed by atoms with E-state index in [1.807, 2.05) is 49.4 Å². The predicted molar refractivity (Wildman–Crippen MR) is 99.4 cm³/mol. The Morgan fingerprint density at radius 3 is 2.74 bits per heavy atom. The van der Waals surface area contributed by atoms with Crippen molar-refractivity contribution in [1.82, 2.24) is 4.98 Å². The molecule has 0 saturated carbocycles. The molecule has 0 fully saturated rings. The SMILES string of the molecule is Cc1sc(NC(=O)c2ccccc2Br)nc1-c1cccc(Cl)c1. The third kappa shape index (κ3) is 3.63. The molecule has 3 rings (SSSR count). The van der Waals surface area contributed by atoms with Crippen molar-refractivity contribution in [1.29, 1.82) is 0 Å². The number of aryl methyl sites for hydroxylation is 1. The minimum absolute atomic E-state index is 0.191. The summed E-state index contributed by atoms with van der Waals surface area (Å²) in [7, 11) is 0. The third-order valence-corrected chi connectivity index (χ3v) is 5.05. The number of hydrogen-bond acceptors (Lipinski definition) is 3. The van der Waals surface area contributed by atoms with Crippen molar-refractivity contribution < 1.29 is 4.79 Å². The van der Waals surface area contributed by atoms with E-state index in [-0.39, 0.29) is 5.91 Å². The van der Waals surface area contributed by atoms with Crippen LogP contribution < -0.4 is 5.32 Å². The van der Waals surface area contributed by atoms with Gasteiger partial charge in [-0.25, -0.2) is 4.98 Å². The zero-order valence-electron chi connectivity index (χ0n) is 12.1. The zero-order valence-corrected chi connectivity index (χ0v) is 15.3. The second-order valence-corrected chi connectivity index (χ2v) is 7.36. The molecule has 0 atom stereocenters. The van der Waals surface area contributed by atoms with Crippen LogP contribution in [0.5, 0.6) is 0 Å². The molecule has 1 amide bonds. The lowest BCUT2D eigenvalue weighted by molar-refractivity contribution is 0.102. The number of anilines is 1. The van der Waals surface area contributed by atoms with Crippen molar-refractivity contribution in [3.05, 3.63) is 68.5 Å². The maximum atomic E-state index is 12.4. The predicted octanol–water partition coefficient (Wildman–Crippen LogP) is 5.79. The van der Waals surface area contributed by atoms with Gasteiger partial charge < -0.3 is 0 Å². The summed E-state index contributed by atoms with van der Waals surface area (Å²) in [6.45, 7) is 1.97. The van der Waals surface area contributed by atoms with Gasteiger partial charge in [-0.3, -0.25) is 10.1 Å². The number of aromatic nitrogens is 1. The van der Waals surface area contributed by atoms with E-state index < -0.39 is 0 Å². The number of carbonyl (C=O) groups excluding carboxylic acids is 1. The fourth-order valence-corrected chi connectivity index (χ4v) is 3.65. The van der Waals surface area contributed by atoms with Gasteiger partial charge in [0, 0.05) is 19.9 Å². The van der Waals surface area contributed by atoms with Gasteiger partial charge in [-0.2, -0.15) is 0 Å². The van der Waals surface area contributed by atoms with Gasteiger partial charge in [-0.1, -0.05) is 35.9 Å². The molecule has 6 heteroatoms. The fraction of sp³-hybridized carbons (Fsp3) is 0.0588. The standard InChI is InChI=1S/C17H12BrClN2OS/c1-10-15(11-5-4-6-12(19)9-11)20-17(23-10)21-16(22)13-7-2-3-8-14(13)18/h2-9H,1H3,(H,20,21,22). The van der Waals surface area contributed by atoms with Crippen molar-refractivity contribution >= 4 is 49.9 Å². The molecule has 116 valence electrons. The van der Waals surface area contributed by atoms with Crippen LogP contribution in [-0.4, -0.2) is 10.9 Å². The molecule has 3 aromatic rings. The summed E-state index contributed by atoms with van der Waals surface area (Å²) in [5.41, 5.74) is 2.34. The van der Waals surface area contributed by atoms with E-state index in [2.05, 4.69) is 26.2 Å². The van der Waals surface area contributed by atoms with Crippen LogP contribution in [0.1, 0.15) is 15.2 Å². The highest BCUT2D eigenvalue weighted by molar-refractivity contribution is 9.10. The first-order valence-electron chi connectivity index (χ1n) is 6.84. The van der Waals surface area contributed by atoms with E-state index in [1.165, 1.54) is 11.3 Å². The van der Waals surface area contributed by atoms with Gasteiger partial charge in [0.25, 0.3) is 5.91 Å². The first-order valence-corrected chi connectivity index (χ1v) is 8.82. The molecule has 2 aromatic carbocycles. The number of amides is 1. The average Bonchev–Trinajstić information content (AvgIpc) is 2.88. The molecule has 1 heterocycles. The van der Waals surface area contributed by atoms with E-state index in [4.69, 9.17) is 11.6 Å². The fourth-order valence-electron chi connectivity index (χ4n) is 2.16. The second-order valence-electron chi connectivity index (χ2n) is 4.87. The average molecular weight is 408 g/mol. The Morgan fingerprint density at radius 2 is 2.00 bits per heavy atom. The summed E-state index contributed by atoms with van der Waals surface area (Å²) in [4.78, 5) is 17.9. The highest BCUT2D eigenvalue weighted by atomic mass is 79.9. The van der Waals surface area contributed by atoms with Gasteiger partial charge in [0.05, 0.1) is 11.3 Å². The summed E-state index contributed by atoms with van der Waals surface area (Å²) in [6.07, 6.45) is 0. The first-order chi connectivity index (χ1) is 11.0. The lowest BCUT2D eigenvalue weighted by Gasteiger charge is -2.03. The number of hydrogen-bond donors (Lipinski definition) is 1. The minimum Gasteiger partial charge on any atom is -0.298 e. The van der Waals surface area contributed by atoms with Gasteiger partial charge in [-0.15, -0.1) is 11.3 Å². The number of nitrogens with zero attached hydrogens (tertiary/aromatic N) is 1. The molecule has 3 nitrogen and oxygen atoms in total. The molecular formula is C17H12BrClN2OS. The van der Waals surface area contributed by atoms with Gasteiger partial charge >= 0.3 is 0 Å². The molecule has 0 unspecified atom stereocenters. The van der Waals surface area contributed by atoms with E-state index in [0.717, 1.165) is 20.6 Å². The normalized spacial score (nSPS) is 10.6. The smallest absolute Gasteiger partial charge is 0.258 e. The van der Waals surface area contributed by atoms with E-state index in [1.54, 1.807) is 6.07 Å². The summed E-state index contributed by atoms with van der Waals surface area (Å²) >= 11 is 10.9. The lowest BCUT2D eigenvalue weighted by Crippen LogP contribution is -2.12. The van der Waals surface area contributed by atoms with Gasteiger partial charge in [0.15, 0.2) is 5.13 Å². The number of nitrogens with one attached hydrogen (secondary N) is 1. The van der Waals surface area contributed by atoms with Gasteiger partial charge in [0.1, 0.15) is 0 Å². The molecule has 0 aliphatic rings. The molecule has 23 heavy (non-hydrogen) atoms. The Morgan fingerprint density at radius 1 is 1.22 bits per heavy atom. The number of carbonyl (C=O) groups is 1. The molecule has 0 radical (unpaired) electrons. The maximum absolute atomic E-state index is 12.4. The molecule has 1 N–H and O–H groups in total. The van der Waals surface area contributed by atoms with Crippen molar-refractivity contribution in [2.24, 2.45) is 0 Å². The Labute approximate surface area is 151 Å². The first kappa shape index (κ1) is 16.2. The van der Waals surface area contributed by atoms with Crippen LogP contribution in [0, 0.1) is 6.92 Å². The molecule has 0 spiro atoms. The third-order valence-electron chi connectivity index (χ3n) is 3.23. The molecule has 0 bridgehead atoms. The topological polar surface area (TPSA) is 42.0 Å². The van der Waals surface area contributed by atoms with Crippen molar-refractivity contribution in [2.45, 2.75) is 6.92 Å². The minimum atomic E-state index is -0.191. The Hall–Kier alpha value is -1.69. The molecule has 0 saturated heterocycles. The van der Waals surface area contributed by atoms with Crippen LogP contribution in [0.25, 0.3) is 11.3 Å². The Kier molecular flexibility index (Phi) is 4.80. The monoisotopic (exact) mass is 406 g/mol. The number of benzene rings is 2. The van der Waals surface area contributed by atoms with E-state index >= 15 is 0 Å². The maximum Gasteiger partial charge on any atom is 0.258 e. The van der Waals surface area contributed by atoms with Crippen LogP contribution in [0.15, 0.2) is 53.0 Å². The Balaban J connectivity index is 1.87. The molecule has 0 aliphatic heterocycles. The quantitative estimate of drug-likeness (QED) is 0.597. The van der Waals surface area contributed by atoms with E-state index in [0.29, 0.717) is 15.7 Å². The number of thiazole rings is 1. The lowest BCUT2D eigenvalue weighted by atomic mass is 10.1. The zero-order chi connectivity index (χ0) is 16.4. The summed E-state index contributed by atoms with van der Waals surface area (Å²) < 4.78 is 0.751. The van der Waals surface area contributed by atoms with Crippen molar-refractivity contribution in [2.75, 3.05) is 5.32 Å². The number of halogens is 2. The number of rotatable bonds is 3. The van der Waals surface area contributed by atoms with Crippen LogP contribution in [0.3, 0.4) is 0 Å². The van der Waals surface area contributed by atoms with Crippen molar-refractivity contribution in [3.63, 3.8) is 0 Å². The molecule has 1 aromatic heterocycles. The van der Waals surface area contributed by atoms with E-state index in [9.17, 15) is 4.79 Å². The largest absolute Gasteiger partial charge is 0.298 e. The van der Waals surface area contributed by atoms with Gasteiger partial charge in [-0.05, 0) is 47.1 Å². The summed E-state index contributed by atoms with van der Waals surface area (Å²) in [6, 6.07) is 14.8. The van der Waals surface area contributed by atoms with Crippen LogP contribution in [-0.2, 0) is 0 Å². The van der Waals surface area contributed by atoms with Crippen LogP contribution in [0.2, 0.25) is 5.02 Å². The van der Waals surface area contributed by atoms with Crippen molar-refractivity contribution in [3.8, 4) is 11.3 Å². The van der Waals surface area contributed by atoms with Gasteiger partial charge in [0.2, 0.25) is 0 Å². The molecule has 0 aliphatic carbocycles. The Bertz CT molecular complexity index is 879.